The van der Waals surface area contributed by atoms with Crippen LogP contribution in [0.15, 0.2) is 66.7 Å². The summed E-state index contributed by atoms with van der Waals surface area (Å²) >= 11 is 1.50. The van der Waals surface area contributed by atoms with E-state index < -0.39 is 0 Å². The average Bonchev–Trinajstić information content (AvgIpc) is 3.04. The van der Waals surface area contributed by atoms with Crippen molar-refractivity contribution in [3.63, 3.8) is 0 Å². The smallest absolute Gasteiger partial charge is 0.257 e. The van der Waals surface area contributed by atoms with E-state index in [2.05, 4.69) is 48.4 Å². The van der Waals surface area contributed by atoms with E-state index in [0.29, 0.717) is 10.7 Å². The number of nitrogens with zero attached hydrogens (tertiary/aromatic N) is 1. The van der Waals surface area contributed by atoms with Gasteiger partial charge in [-0.1, -0.05) is 53.8 Å². The summed E-state index contributed by atoms with van der Waals surface area (Å²) in [6, 6.07) is 21.9. The monoisotopic (exact) mass is 358 g/mol. The number of rotatable bonds is 3. The normalized spacial score (nSPS) is 10.8. The number of aryl methyl sites for hydroxylation is 2. The van der Waals surface area contributed by atoms with Gasteiger partial charge in [-0.05, 0) is 60.4 Å². The lowest BCUT2D eigenvalue weighted by Gasteiger charge is -2.04. The number of amides is 1. The molecular weight excluding hydrogens is 340 g/mol. The molecule has 0 aliphatic heterocycles. The number of hydrogen-bond donors (Lipinski definition) is 1. The van der Waals surface area contributed by atoms with Gasteiger partial charge in [-0.15, -0.1) is 0 Å². The van der Waals surface area contributed by atoms with Crippen molar-refractivity contribution in [2.24, 2.45) is 0 Å². The molecule has 4 heteroatoms. The fourth-order valence-corrected chi connectivity index (χ4v) is 3.79. The zero-order valence-corrected chi connectivity index (χ0v) is 15.4. The van der Waals surface area contributed by atoms with E-state index in [1.165, 1.54) is 22.5 Å². The van der Waals surface area contributed by atoms with Gasteiger partial charge in [0.2, 0.25) is 0 Å². The van der Waals surface area contributed by atoms with E-state index in [1.54, 1.807) is 0 Å². The highest BCUT2D eigenvalue weighted by Crippen LogP contribution is 2.28. The van der Waals surface area contributed by atoms with Gasteiger partial charge in [-0.25, -0.2) is 4.98 Å². The fraction of sp³-hybridized carbons (Fsp3) is 0.0909. The van der Waals surface area contributed by atoms with Crippen LogP contribution in [0.25, 0.3) is 21.3 Å². The molecule has 0 atom stereocenters. The van der Waals surface area contributed by atoms with E-state index in [-0.39, 0.29) is 5.91 Å². The van der Waals surface area contributed by atoms with Crippen molar-refractivity contribution in [3.05, 3.63) is 83.4 Å². The van der Waals surface area contributed by atoms with Gasteiger partial charge in [0, 0.05) is 5.56 Å². The Morgan fingerprint density at radius 3 is 2.27 bits per heavy atom. The highest BCUT2D eigenvalue weighted by atomic mass is 32.1. The topological polar surface area (TPSA) is 42.0 Å². The number of thiazole rings is 1. The third-order valence-electron chi connectivity index (χ3n) is 4.48. The minimum atomic E-state index is -0.142. The van der Waals surface area contributed by atoms with Gasteiger partial charge in [0.25, 0.3) is 5.91 Å². The summed E-state index contributed by atoms with van der Waals surface area (Å²) in [5.41, 5.74) is 6.21. The third kappa shape index (κ3) is 3.24. The van der Waals surface area contributed by atoms with Gasteiger partial charge >= 0.3 is 0 Å². The minimum Gasteiger partial charge on any atom is -0.298 e. The summed E-state index contributed by atoms with van der Waals surface area (Å²) in [4.78, 5) is 17.1. The number of aromatic nitrogens is 1. The molecule has 4 rings (SSSR count). The van der Waals surface area contributed by atoms with E-state index in [9.17, 15) is 4.79 Å². The fourth-order valence-electron chi connectivity index (χ4n) is 2.85. The predicted molar refractivity (Wildman–Crippen MR) is 109 cm³/mol. The van der Waals surface area contributed by atoms with Gasteiger partial charge in [-0.3, -0.25) is 10.1 Å². The first-order valence-electron chi connectivity index (χ1n) is 8.45. The van der Waals surface area contributed by atoms with E-state index in [0.717, 1.165) is 21.3 Å². The molecule has 26 heavy (non-hydrogen) atoms. The second-order valence-electron chi connectivity index (χ2n) is 6.32. The first kappa shape index (κ1) is 16.5. The molecule has 0 aliphatic rings. The molecule has 0 unspecified atom stereocenters. The summed E-state index contributed by atoms with van der Waals surface area (Å²) in [5, 5.41) is 3.54. The van der Waals surface area contributed by atoms with Crippen LogP contribution in [0.5, 0.6) is 0 Å². The van der Waals surface area contributed by atoms with Crippen molar-refractivity contribution in [1.29, 1.82) is 0 Å². The molecule has 4 aromatic rings. The second-order valence-corrected chi connectivity index (χ2v) is 7.35. The molecule has 0 radical (unpaired) electrons. The second kappa shape index (κ2) is 6.73. The Labute approximate surface area is 156 Å². The summed E-state index contributed by atoms with van der Waals surface area (Å²) in [6.07, 6.45) is 0. The molecule has 0 aliphatic carbocycles. The van der Waals surface area contributed by atoms with Gasteiger partial charge in [0.15, 0.2) is 5.13 Å². The van der Waals surface area contributed by atoms with Crippen LogP contribution in [-0.4, -0.2) is 10.9 Å². The molecule has 0 spiro atoms. The molecule has 0 saturated carbocycles. The maximum absolute atomic E-state index is 12.5. The predicted octanol–water partition coefficient (Wildman–Crippen LogP) is 5.83. The molecule has 3 nitrogen and oxygen atoms in total. The Balaban J connectivity index is 1.55. The van der Waals surface area contributed by atoms with Crippen LogP contribution in [-0.2, 0) is 0 Å². The maximum Gasteiger partial charge on any atom is 0.257 e. The molecule has 1 amide bonds. The number of hydrogen-bond acceptors (Lipinski definition) is 3. The van der Waals surface area contributed by atoms with Crippen molar-refractivity contribution in [1.82, 2.24) is 4.98 Å². The molecule has 1 aromatic heterocycles. The largest absolute Gasteiger partial charge is 0.298 e. The number of carbonyl (C=O) groups excluding carboxylic acids is 1. The lowest BCUT2D eigenvalue weighted by molar-refractivity contribution is 0.102. The molecule has 0 saturated heterocycles. The number of fused-ring (bicyclic) bond motifs is 1. The van der Waals surface area contributed by atoms with E-state index in [1.807, 2.05) is 42.5 Å². The first-order valence-corrected chi connectivity index (χ1v) is 9.26. The van der Waals surface area contributed by atoms with Crippen LogP contribution in [0.2, 0.25) is 0 Å². The van der Waals surface area contributed by atoms with Crippen LogP contribution in [0.3, 0.4) is 0 Å². The lowest BCUT2D eigenvalue weighted by atomic mass is 10.0. The van der Waals surface area contributed by atoms with Crippen LogP contribution in [0.4, 0.5) is 5.13 Å². The quantitative estimate of drug-likeness (QED) is 0.500. The number of benzene rings is 3. The van der Waals surface area contributed by atoms with Crippen molar-refractivity contribution >= 4 is 32.6 Å². The highest BCUT2D eigenvalue weighted by Gasteiger charge is 2.11. The van der Waals surface area contributed by atoms with Crippen LogP contribution >= 0.6 is 11.3 Å². The average molecular weight is 358 g/mol. The van der Waals surface area contributed by atoms with Crippen molar-refractivity contribution in [2.45, 2.75) is 13.8 Å². The molecular formula is C22H18N2OS. The van der Waals surface area contributed by atoms with Gasteiger partial charge < -0.3 is 0 Å². The van der Waals surface area contributed by atoms with Crippen molar-refractivity contribution in [3.8, 4) is 11.1 Å². The standard InChI is InChI=1S/C22H18N2OS/c1-14-12-19-20(13-15(14)2)26-22(23-19)24-21(25)18-10-8-17(9-11-18)16-6-4-3-5-7-16/h3-13H,1-2H3,(H,23,24,25). The third-order valence-corrected chi connectivity index (χ3v) is 5.41. The summed E-state index contributed by atoms with van der Waals surface area (Å²) in [6.45, 7) is 4.15. The van der Waals surface area contributed by atoms with Crippen molar-refractivity contribution in [2.75, 3.05) is 5.32 Å². The summed E-state index contributed by atoms with van der Waals surface area (Å²) < 4.78 is 1.09. The maximum atomic E-state index is 12.5. The Bertz CT molecular complexity index is 1040. The molecule has 1 N–H and O–H groups in total. The van der Waals surface area contributed by atoms with Gasteiger partial charge in [0.05, 0.1) is 10.2 Å². The Morgan fingerprint density at radius 2 is 1.54 bits per heavy atom. The van der Waals surface area contributed by atoms with Crippen LogP contribution < -0.4 is 5.32 Å². The van der Waals surface area contributed by atoms with Crippen LogP contribution in [0.1, 0.15) is 21.5 Å². The highest BCUT2D eigenvalue weighted by molar-refractivity contribution is 7.22. The Morgan fingerprint density at radius 1 is 0.885 bits per heavy atom. The molecule has 0 fully saturated rings. The number of carbonyl (C=O) groups is 1. The van der Waals surface area contributed by atoms with Gasteiger partial charge in [0.1, 0.15) is 0 Å². The molecule has 1 heterocycles. The Kier molecular flexibility index (Phi) is 4.27. The summed E-state index contributed by atoms with van der Waals surface area (Å²) in [7, 11) is 0. The van der Waals surface area contributed by atoms with Crippen molar-refractivity contribution < 1.29 is 4.79 Å². The Hall–Kier alpha value is -2.98. The zero-order chi connectivity index (χ0) is 18.1. The molecule has 3 aromatic carbocycles. The number of anilines is 1. The minimum absolute atomic E-state index is 0.142. The van der Waals surface area contributed by atoms with E-state index >= 15 is 0 Å². The molecule has 0 bridgehead atoms. The zero-order valence-electron chi connectivity index (χ0n) is 14.6. The van der Waals surface area contributed by atoms with Gasteiger partial charge in [-0.2, -0.15) is 0 Å². The summed E-state index contributed by atoms with van der Waals surface area (Å²) in [5.74, 6) is -0.142. The number of nitrogens with one attached hydrogen (secondary N) is 1. The lowest BCUT2D eigenvalue weighted by Crippen LogP contribution is -2.11. The van der Waals surface area contributed by atoms with E-state index in [4.69, 9.17) is 0 Å². The first-order chi connectivity index (χ1) is 12.6. The van der Waals surface area contributed by atoms with Crippen LogP contribution in [0, 0.1) is 13.8 Å². The molecule has 128 valence electrons. The SMILES string of the molecule is Cc1cc2nc(NC(=O)c3ccc(-c4ccccc4)cc3)sc2cc1C.